The molecule has 0 radical (unpaired) electrons. The monoisotopic (exact) mass is 399 g/mol. The highest BCUT2D eigenvalue weighted by Gasteiger charge is 2.32. The second-order valence-electron chi connectivity index (χ2n) is 4.46. The first-order valence-corrected chi connectivity index (χ1v) is 8.39. The molecule has 0 spiro atoms. The van der Waals surface area contributed by atoms with Crippen LogP contribution in [0.4, 0.5) is 0 Å². The molecule has 23 heavy (non-hydrogen) atoms. The maximum absolute atomic E-state index is 11.6. The summed E-state index contributed by atoms with van der Waals surface area (Å²) in [5, 5.41) is 18.7. The summed E-state index contributed by atoms with van der Waals surface area (Å²) in [5.41, 5.74) is 0.738. The highest BCUT2D eigenvalue weighted by atomic mass is 79.9. The maximum Gasteiger partial charge on any atom is 0.305 e. The van der Waals surface area contributed by atoms with Gasteiger partial charge in [-0.2, -0.15) is 5.10 Å². The van der Waals surface area contributed by atoms with Crippen molar-refractivity contribution in [2.45, 2.75) is 18.6 Å². The van der Waals surface area contributed by atoms with Gasteiger partial charge in [0.25, 0.3) is 0 Å². The van der Waals surface area contributed by atoms with E-state index in [1.807, 2.05) is 25.1 Å². The number of carboxylic acids is 1. The van der Waals surface area contributed by atoms with Crippen molar-refractivity contribution in [3.05, 3.63) is 28.2 Å². The molecule has 0 saturated carbocycles. The number of aliphatic carboxylic acids is 1. The SMILES string of the molecule is CCOc1ccc(Br)cc1/C=N\N=C1\NC(=O)[C@H](CC(=O)O)S1. The summed E-state index contributed by atoms with van der Waals surface area (Å²) in [5.74, 6) is -0.729. The topological polar surface area (TPSA) is 100 Å². The summed E-state index contributed by atoms with van der Waals surface area (Å²) in [4.78, 5) is 22.2. The van der Waals surface area contributed by atoms with Crippen molar-refractivity contribution in [1.29, 1.82) is 0 Å². The van der Waals surface area contributed by atoms with E-state index in [-0.39, 0.29) is 17.5 Å². The van der Waals surface area contributed by atoms with Crippen LogP contribution in [0.2, 0.25) is 0 Å². The number of nitrogens with one attached hydrogen (secondary N) is 1. The summed E-state index contributed by atoms with van der Waals surface area (Å²) >= 11 is 4.43. The number of amidine groups is 1. The van der Waals surface area contributed by atoms with E-state index < -0.39 is 11.2 Å². The smallest absolute Gasteiger partial charge is 0.305 e. The van der Waals surface area contributed by atoms with Gasteiger partial charge in [0.2, 0.25) is 5.91 Å². The number of rotatable bonds is 6. The Morgan fingerprint density at radius 3 is 3.04 bits per heavy atom. The van der Waals surface area contributed by atoms with Crippen LogP contribution < -0.4 is 10.1 Å². The quantitative estimate of drug-likeness (QED) is 0.564. The van der Waals surface area contributed by atoms with Crippen molar-refractivity contribution in [3.63, 3.8) is 0 Å². The summed E-state index contributed by atoms with van der Waals surface area (Å²) < 4.78 is 6.37. The zero-order valence-electron chi connectivity index (χ0n) is 12.2. The number of hydrogen-bond donors (Lipinski definition) is 2. The first kappa shape index (κ1) is 17.5. The van der Waals surface area contributed by atoms with Crippen LogP contribution in [0.1, 0.15) is 18.9 Å². The molecule has 0 bridgehead atoms. The number of nitrogens with zero attached hydrogens (tertiary/aromatic N) is 2. The van der Waals surface area contributed by atoms with Crippen molar-refractivity contribution in [1.82, 2.24) is 5.32 Å². The molecule has 9 heteroatoms. The zero-order valence-corrected chi connectivity index (χ0v) is 14.6. The van der Waals surface area contributed by atoms with Crippen molar-refractivity contribution in [3.8, 4) is 5.75 Å². The van der Waals surface area contributed by atoms with Gasteiger partial charge < -0.3 is 15.2 Å². The summed E-state index contributed by atoms with van der Waals surface area (Å²) in [7, 11) is 0. The van der Waals surface area contributed by atoms with Crippen molar-refractivity contribution in [2.24, 2.45) is 10.2 Å². The van der Waals surface area contributed by atoms with Crippen molar-refractivity contribution < 1.29 is 19.4 Å². The molecule has 0 unspecified atom stereocenters. The Hall–Kier alpha value is -1.87. The molecule has 1 saturated heterocycles. The van der Waals surface area contributed by atoms with E-state index in [0.717, 1.165) is 21.8 Å². The summed E-state index contributed by atoms with van der Waals surface area (Å²) in [6.07, 6.45) is 1.26. The first-order chi connectivity index (χ1) is 11.0. The van der Waals surface area contributed by atoms with Gasteiger partial charge in [0.1, 0.15) is 11.0 Å². The van der Waals surface area contributed by atoms with Crippen LogP contribution in [-0.2, 0) is 9.59 Å². The van der Waals surface area contributed by atoms with E-state index >= 15 is 0 Å². The lowest BCUT2D eigenvalue weighted by Crippen LogP contribution is -2.26. The van der Waals surface area contributed by atoms with E-state index in [2.05, 4.69) is 31.4 Å². The molecular weight excluding hydrogens is 386 g/mol. The van der Waals surface area contributed by atoms with Gasteiger partial charge in [0, 0.05) is 10.0 Å². The predicted molar refractivity (Wildman–Crippen MR) is 92.1 cm³/mol. The summed E-state index contributed by atoms with van der Waals surface area (Å²) in [6, 6.07) is 5.51. The van der Waals surface area contributed by atoms with Gasteiger partial charge in [-0.1, -0.05) is 27.7 Å². The van der Waals surface area contributed by atoms with Crippen LogP contribution >= 0.6 is 27.7 Å². The molecule has 1 aromatic carbocycles. The lowest BCUT2D eigenvalue weighted by molar-refractivity contribution is -0.138. The molecule has 1 aliphatic heterocycles. The zero-order chi connectivity index (χ0) is 16.8. The predicted octanol–water partition coefficient (Wildman–Crippen LogP) is 2.24. The minimum atomic E-state index is -1.03. The van der Waals surface area contributed by atoms with Crippen LogP contribution in [0.3, 0.4) is 0 Å². The third-order valence-electron chi connectivity index (χ3n) is 2.75. The van der Waals surface area contributed by atoms with Gasteiger partial charge in [-0.3, -0.25) is 9.59 Å². The molecule has 1 amide bonds. The maximum atomic E-state index is 11.6. The highest BCUT2D eigenvalue weighted by molar-refractivity contribution is 9.10. The molecule has 122 valence electrons. The molecule has 1 atom stereocenters. The van der Waals surface area contributed by atoms with Gasteiger partial charge in [-0.15, -0.1) is 5.10 Å². The molecule has 1 fully saturated rings. The van der Waals surface area contributed by atoms with E-state index in [1.54, 1.807) is 0 Å². The van der Waals surface area contributed by atoms with Gasteiger partial charge in [0.05, 0.1) is 19.2 Å². The van der Waals surface area contributed by atoms with Gasteiger partial charge >= 0.3 is 5.97 Å². The van der Waals surface area contributed by atoms with E-state index in [1.165, 1.54) is 6.21 Å². The number of thioether (sulfide) groups is 1. The normalized spacial score (nSPS) is 19.3. The fourth-order valence-electron chi connectivity index (χ4n) is 1.80. The fourth-order valence-corrected chi connectivity index (χ4v) is 3.09. The molecule has 1 aromatic rings. The van der Waals surface area contributed by atoms with E-state index in [4.69, 9.17) is 9.84 Å². The Morgan fingerprint density at radius 2 is 2.35 bits per heavy atom. The number of benzene rings is 1. The second kappa shape index (κ2) is 8.11. The number of carbonyl (C=O) groups excluding carboxylic acids is 1. The van der Waals surface area contributed by atoms with Gasteiger partial charge in [-0.05, 0) is 25.1 Å². The molecular formula is C14H14BrN3O4S. The number of amides is 1. The summed E-state index contributed by atoms with van der Waals surface area (Å²) in [6.45, 7) is 2.41. The number of halogens is 1. The average Bonchev–Trinajstić information content (AvgIpc) is 2.81. The van der Waals surface area contributed by atoms with Crippen molar-refractivity contribution >= 4 is 51.0 Å². The van der Waals surface area contributed by atoms with Gasteiger partial charge in [0.15, 0.2) is 5.17 Å². The average molecular weight is 400 g/mol. The highest BCUT2D eigenvalue weighted by Crippen LogP contribution is 2.23. The number of hydrogen-bond acceptors (Lipinski definition) is 6. The lowest BCUT2D eigenvalue weighted by Gasteiger charge is -2.06. The molecule has 1 aliphatic rings. The second-order valence-corrected chi connectivity index (χ2v) is 6.57. The van der Waals surface area contributed by atoms with E-state index in [9.17, 15) is 9.59 Å². The third-order valence-corrected chi connectivity index (χ3v) is 4.32. The minimum absolute atomic E-state index is 0.251. The largest absolute Gasteiger partial charge is 0.493 e. The third kappa shape index (κ3) is 5.07. The van der Waals surface area contributed by atoms with Crippen LogP contribution in [0.25, 0.3) is 0 Å². The Bertz CT molecular complexity index is 678. The van der Waals surface area contributed by atoms with Crippen LogP contribution in [0, 0.1) is 0 Å². The lowest BCUT2D eigenvalue weighted by atomic mass is 10.2. The van der Waals surface area contributed by atoms with Crippen molar-refractivity contribution in [2.75, 3.05) is 6.61 Å². The number of carbonyl (C=O) groups is 2. The molecule has 1 heterocycles. The fraction of sp³-hybridized carbons (Fsp3) is 0.286. The number of ether oxygens (including phenoxy) is 1. The van der Waals surface area contributed by atoms with Crippen LogP contribution in [0.15, 0.2) is 32.9 Å². The van der Waals surface area contributed by atoms with Gasteiger partial charge in [-0.25, -0.2) is 0 Å². The molecule has 0 aliphatic carbocycles. The number of carboxylic acid groups (broad SMARTS) is 1. The Kier molecular flexibility index (Phi) is 6.17. The van der Waals surface area contributed by atoms with E-state index in [0.29, 0.717) is 12.4 Å². The van der Waals surface area contributed by atoms with Crippen LogP contribution in [0.5, 0.6) is 5.75 Å². The molecule has 0 aromatic heterocycles. The Balaban J connectivity index is 2.08. The molecule has 7 nitrogen and oxygen atoms in total. The molecule has 2 N–H and O–H groups in total. The first-order valence-electron chi connectivity index (χ1n) is 6.72. The Labute approximate surface area is 145 Å². The Morgan fingerprint density at radius 1 is 1.57 bits per heavy atom. The standard InChI is InChI=1S/C14H14BrN3O4S/c1-2-22-10-4-3-9(15)5-8(10)7-16-18-14-17-13(21)11(23-14)6-12(19)20/h3-5,7,11H,2,6H2,1H3,(H,19,20)(H,17,18,21)/b16-7-/t11-/m0/s1. The minimum Gasteiger partial charge on any atom is -0.493 e. The molecule has 2 rings (SSSR count). The van der Waals surface area contributed by atoms with Crippen LogP contribution in [-0.4, -0.2) is 40.2 Å².